The Labute approximate surface area is 104 Å². The Morgan fingerprint density at radius 1 is 1.29 bits per heavy atom. The summed E-state index contributed by atoms with van der Waals surface area (Å²) >= 11 is 6.24. The zero-order chi connectivity index (χ0) is 12.4. The van der Waals surface area contributed by atoms with Gasteiger partial charge in [0.05, 0.1) is 5.02 Å². The molecule has 2 aromatic rings. The Kier molecular flexibility index (Phi) is 3.31. The van der Waals surface area contributed by atoms with Crippen LogP contribution >= 0.6 is 11.6 Å². The summed E-state index contributed by atoms with van der Waals surface area (Å²) in [5, 5.41) is 11.3. The van der Waals surface area contributed by atoms with Gasteiger partial charge in [0.15, 0.2) is 0 Å². The van der Waals surface area contributed by atoms with Crippen molar-refractivity contribution in [2.75, 3.05) is 0 Å². The SMILES string of the molecule is NC(Cc1ccc2ccccc2c1Cl)C(=O)O. The van der Waals surface area contributed by atoms with E-state index in [0.29, 0.717) is 5.02 Å². The molecule has 88 valence electrons. The molecule has 0 aliphatic rings. The molecule has 4 heteroatoms. The number of carbonyl (C=O) groups is 1. The standard InChI is InChI=1S/C13H12ClNO2/c14-12-9(7-11(15)13(16)17)6-5-8-3-1-2-4-10(8)12/h1-6,11H,7,15H2,(H,16,17). The van der Waals surface area contributed by atoms with E-state index in [1.807, 2.05) is 36.4 Å². The number of hydrogen-bond acceptors (Lipinski definition) is 2. The Bertz CT molecular complexity index is 568. The summed E-state index contributed by atoms with van der Waals surface area (Å²) in [6.45, 7) is 0. The Balaban J connectivity index is 2.42. The molecular weight excluding hydrogens is 238 g/mol. The molecule has 0 saturated carbocycles. The van der Waals surface area contributed by atoms with Crippen molar-refractivity contribution >= 4 is 28.3 Å². The number of carboxylic acid groups (broad SMARTS) is 1. The molecule has 0 spiro atoms. The van der Waals surface area contributed by atoms with Crippen molar-refractivity contribution in [2.24, 2.45) is 5.73 Å². The van der Waals surface area contributed by atoms with E-state index in [2.05, 4.69) is 0 Å². The zero-order valence-corrected chi connectivity index (χ0v) is 9.82. The van der Waals surface area contributed by atoms with E-state index in [0.717, 1.165) is 16.3 Å². The van der Waals surface area contributed by atoms with Gasteiger partial charge >= 0.3 is 5.97 Å². The van der Waals surface area contributed by atoms with Crippen LogP contribution in [0.15, 0.2) is 36.4 Å². The average molecular weight is 250 g/mol. The lowest BCUT2D eigenvalue weighted by Crippen LogP contribution is -2.32. The van der Waals surface area contributed by atoms with Gasteiger partial charge in [0, 0.05) is 5.39 Å². The molecule has 2 aromatic carbocycles. The molecule has 0 amide bonds. The van der Waals surface area contributed by atoms with Crippen LogP contribution in [0.2, 0.25) is 5.02 Å². The number of halogens is 1. The highest BCUT2D eigenvalue weighted by Gasteiger charge is 2.15. The predicted octanol–water partition coefficient (Wildman–Crippen LogP) is 2.45. The molecule has 3 nitrogen and oxygen atoms in total. The molecule has 0 aliphatic heterocycles. The molecule has 0 bridgehead atoms. The largest absolute Gasteiger partial charge is 0.480 e. The van der Waals surface area contributed by atoms with Crippen LogP contribution in [-0.2, 0) is 11.2 Å². The minimum absolute atomic E-state index is 0.235. The highest BCUT2D eigenvalue weighted by molar-refractivity contribution is 6.36. The van der Waals surface area contributed by atoms with E-state index < -0.39 is 12.0 Å². The van der Waals surface area contributed by atoms with E-state index in [9.17, 15) is 4.79 Å². The second-order valence-electron chi connectivity index (χ2n) is 3.91. The summed E-state index contributed by atoms with van der Waals surface area (Å²) in [6.07, 6.45) is 0.235. The van der Waals surface area contributed by atoms with E-state index >= 15 is 0 Å². The topological polar surface area (TPSA) is 63.3 Å². The third-order valence-electron chi connectivity index (χ3n) is 2.70. The van der Waals surface area contributed by atoms with Crippen molar-refractivity contribution in [2.45, 2.75) is 12.5 Å². The molecule has 17 heavy (non-hydrogen) atoms. The first-order valence-electron chi connectivity index (χ1n) is 5.24. The molecule has 1 unspecified atom stereocenters. The third kappa shape index (κ3) is 2.40. The summed E-state index contributed by atoms with van der Waals surface area (Å²) in [5.74, 6) is -1.02. The van der Waals surface area contributed by atoms with Crippen LogP contribution in [0.1, 0.15) is 5.56 Å². The molecule has 3 N–H and O–H groups in total. The second kappa shape index (κ2) is 4.73. The van der Waals surface area contributed by atoms with Crippen LogP contribution in [0, 0.1) is 0 Å². The van der Waals surface area contributed by atoms with Crippen LogP contribution < -0.4 is 5.73 Å². The average Bonchev–Trinajstić information content (AvgIpc) is 2.33. The first kappa shape index (κ1) is 11.9. The van der Waals surface area contributed by atoms with Crippen LogP contribution in [0.5, 0.6) is 0 Å². The quantitative estimate of drug-likeness (QED) is 0.878. The number of hydrogen-bond donors (Lipinski definition) is 2. The molecule has 0 radical (unpaired) electrons. The molecular formula is C13H12ClNO2. The Hall–Kier alpha value is -1.58. The molecule has 0 heterocycles. The molecule has 0 aromatic heterocycles. The van der Waals surface area contributed by atoms with Crippen LogP contribution in [-0.4, -0.2) is 17.1 Å². The van der Waals surface area contributed by atoms with Crippen molar-refractivity contribution < 1.29 is 9.90 Å². The van der Waals surface area contributed by atoms with Gasteiger partial charge in [-0.05, 0) is 17.4 Å². The van der Waals surface area contributed by atoms with Crippen LogP contribution in [0.3, 0.4) is 0 Å². The van der Waals surface area contributed by atoms with Gasteiger partial charge in [-0.1, -0.05) is 48.0 Å². The molecule has 1 atom stereocenters. The lowest BCUT2D eigenvalue weighted by Gasteiger charge is -2.10. The van der Waals surface area contributed by atoms with E-state index in [4.69, 9.17) is 22.4 Å². The number of carboxylic acids is 1. The van der Waals surface area contributed by atoms with Crippen molar-refractivity contribution in [3.8, 4) is 0 Å². The number of benzene rings is 2. The Morgan fingerprint density at radius 2 is 2.00 bits per heavy atom. The molecule has 0 saturated heterocycles. The van der Waals surface area contributed by atoms with Gasteiger partial charge in [0.1, 0.15) is 6.04 Å². The summed E-state index contributed by atoms with van der Waals surface area (Å²) < 4.78 is 0. The fourth-order valence-corrected chi connectivity index (χ4v) is 2.07. The van der Waals surface area contributed by atoms with Crippen LogP contribution in [0.4, 0.5) is 0 Å². The van der Waals surface area contributed by atoms with Crippen molar-refractivity contribution in [1.29, 1.82) is 0 Å². The van der Waals surface area contributed by atoms with Gasteiger partial charge in [0.25, 0.3) is 0 Å². The highest BCUT2D eigenvalue weighted by Crippen LogP contribution is 2.27. The fraction of sp³-hybridized carbons (Fsp3) is 0.154. The number of fused-ring (bicyclic) bond motifs is 1. The lowest BCUT2D eigenvalue weighted by molar-refractivity contribution is -0.138. The van der Waals surface area contributed by atoms with Gasteiger partial charge in [-0.25, -0.2) is 0 Å². The van der Waals surface area contributed by atoms with Crippen LogP contribution in [0.25, 0.3) is 10.8 Å². The maximum Gasteiger partial charge on any atom is 0.320 e. The Morgan fingerprint density at radius 3 is 2.71 bits per heavy atom. The third-order valence-corrected chi connectivity index (χ3v) is 3.15. The maximum atomic E-state index is 10.7. The lowest BCUT2D eigenvalue weighted by atomic mass is 10.0. The predicted molar refractivity (Wildman–Crippen MR) is 68.3 cm³/mol. The summed E-state index contributed by atoms with van der Waals surface area (Å²) in [5.41, 5.74) is 6.27. The van der Waals surface area contributed by atoms with Crippen molar-refractivity contribution in [3.63, 3.8) is 0 Å². The van der Waals surface area contributed by atoms with Gasteiger partial charge < -0.3 is 10.8 Å². The van der Waals surface area contributed by atoms with Gasteiger partial charge in [-0.2, -0.15) is 0 Å². The minimum Gasteiger partial charge on any atom is -0.480 e. The monoisotopic (exact) mass is 249 g/mol. The first-order valence-corrected chi connectivity index (χ1v) is 5.62. The van der Waals surface area contributed by atoms with E-state index in [1.54, 1.807) is 0 Å². The number of rotatable bonds is 3. The normalized spacial score (nSPS) is 12.6. The van der Waals surface area contributed by atoms with E-state index in [1.165, 1.54) is 0 Å². The smallest absolute Gasteiger partial charge is 0.320 e. The highest BCUT2D eigenvalue weighted by atomic mass is 35.5. The number of aliphatic carboxylic acids is 1. The molecule has 2 rings (SSSR count). The van der Waals surface area contributed by atoms with Gasteiger partial charge in [-0.3, -0.25) is 4.79 Å². The minimum atomic E-state index is -1.02. The number of nitrogens with two attached hydrogens (primary N) is 1. The fourth-order valence-electron chi connectivity index (χ4n) is 1.76. The van der Waals surface area contributed by atoms with Crippen molar-refractivity contribution in [3.05, 3.63) is 47.0 Å². The van der Waals surface area contributed by atoms with E-state index in [-0.39, 0.29) is 6.42 Å². The maximum absolute atomic E-state index is 10.7. The summed E-state index contributed by atoms with van der Waals surface area (Å²) in [7, 11) is 0. The molecule has 0 fully saturated rings. The van der Waals surface area contributed by atoms with Crippen molar-refractivity contribution in [1.82, 2.24) is 0 Å². The molecule has 0 aliphatic carbocycles. The first-order chi connectivity index (χ1) is 8.09. The second-order valence-corrected chi connectivity index (χ2v) is 4.29. The summed E-state index contributed by atoms with van der Waals surface area (Å²) in [6, 6.07) is 10.5. The van der Waals surface area contributed by atoms with Gasteiger partial charge in [0.2, 0.25) is 0 Å². The zero-order valence-electron chi connectivity index (χ0n) is 9.06. The summed E-state index contributed by atoms with van der Waals surface area (Å²) in [4.78, 5) is 10.7. The van der Waals surface area contributed by atoms with Gasteiger partial charge in [-0.15, -0.1) is 0 Å².